The van der Waals surface area contributed by atoms with Gasteiger partial charge in [-0.1, -0.05) is 11.6 Å². The van der Waals surface area contributed by atoms with Crippen LogP contribution in [0.5, 0.6) is 0 Å². The van der Waals surface area contributed by atoms with Gasteiger partial charge in [0.2, 0.25) is 0 Å². The minimum absolute atomic E-state index is 0.240. The number of hydrogen-bond acceptors (Lipinski definition) is 4. The maximum Gasteiger partial charge on any atom is 0.287 e. The Balaban J connectivity index is 1.76. The lowest BCUT2D eigenvalue weighted by atomic mass is 9.98. The van der Waals surface area contributed by atoms with Gasteiger partial charge in [0.15, 0.2) is 0 Å². The van der Waals surface area contributed by atoms with Crippen molar-refractivity contribution in [3.05, 3.63) is 21.6 Å². The van der Waals surface area contributed by atoms with Crippen molar-refractivity contribution in [2.24, 2.45) is 7.05 Å². The van der Waals surface area contributed by atoms with Gasteiger partial charge >= 0.3 is 0 Å². The summed E-state index contributed by atoms with van der Waals surface area (Å²) >= 11 is 6.09. The zero-order chi connectivity index (χ0) is 13.6. The Hall–Kier alpha value is -1.07. The fourth-order valence-electron chi connectivity index (χ4n) is 3.36. The normalized spacial score (nSPS) is 30.6. The lowest BCUT2D eigenvalue weighted by molar-refractivity contribution is 0.169. The SMILES string of the molecule is CN1[C@@H]2CC[C@H]1C[C@H](Nc1cnn(C)c(=O)c1Cl)C2. The van der Waals surface area contributed by atoms with Gasteiger partial charge in [-0.25, -0.2) is 4.68 Å². The average molecular weight is 283 g/mol. The molecular weight excluding hydrogens is 264 g/mol. The molecule has 2 aliphatic rings. The van der Waals surface area contributed by atoms with Crippen LogP contribution in [0.15, 0.2) is 11.0 Å². The first kappa shape index (κ1) is 12.9. The molecule has 2 saturated heterocycles. The van der Waals surface area contributed by atoms with Crippen molar-refractivity contribution in [3.63, 3.8) is 0 Å². The third-order valence-electron chi connectivity index (χ3n) is 4.54. The van der Waals surface area contributed by atoms with Crippen LogP contribution in [0.1, 0.15) is 25.7 Å². The highest BCUT2D eigenvalue weighted by atomic mass is 35.5. The van der Waals surface area contributed by atoms with Crippen LogP contribution in [0, 0.1) is 0 Å². The number of anilines is 1. The van der Waals surface area contributed by atoms with Crippen LogP contribution in [-0.2, 0) is 7.05 Å². The Kier molecular flexibility index (Phi) is 3.27. The first-order valence-corrected chi connectivity index (χ1v) is 7.14. The lowest BCUT2D eigenvalue weighted by Crippen LogP contribution is -2.44. The molecule has 1 aromatic heterocycles. The second-order valence-electron chi connectivity index (χ2n) is 5.66. The summed E-state index contributed by atoms with van der Waals surface area (Å²) in [6.07, 6.45) is 6.42. The van der Waals surface area contributed by atoms with E-state index in [2.05, 4.69) is 22.4 Å². The van der Waals surface area contributed by atoms with Crippen LogP contribution in [-0.4, -0.2) is 39.9 Å². The highest BCUT2D eigenvalue weighted by Crippen LogP contribution is 2.35. The van der Waals surface area contributed by atoms with Gasteiger partial charge in [-0.05, 0) is 32.7 Å². The fourth-order valence-corrected chi connectivity index (χ4v) is 3.59. The summed E-state index contributed by atoms with van der Waals surface area (Å²) in [5.41, 5.74) is 0.418. The number of rotatable bonds is 2. The van der Waals surface area contributed by atoms with Crippen LogP contribution in [0.25, 0.3) is 0 Å². The average Bonchev–Trinajstić information content (AvgIpc) is 2.63. The molecule has 0 aromatic carbocycles. The molecule has 6 heteroatoms. The predicted molar refractivity (Wildman–Crippen MR) is 75.7 cm³/mol. The Morgan fingerprint density at radius 2 is 1.95 bits per heavy atom. The van der Waals surface area contributed by atoms with E-state index in [1.807, 2.05) is 0 Å². The molecule has 104 valence electrons. The molecule has 0 spiro atoms. The standard InChI is InChI=1S/C13H19ClN4O/c1-17-9-3-4-10(17)6-8(5-9)16-11-7-15-18(2)13(19)12(11)14/h7-10,16H,3-6H2,1-2H3/t8-,9-,10+. The number of aromatic nitrogens is 2. The summed E-state index contributed by atoms with van der Waals surface area (Å²) in [7, 11) is 3.82. The quantitative estimate of drug-likeness (QED) is 0.892. The summed E-state index contributed by atoms with van der Waals surface area (Å²) in [6, 6.07) is 1.71. The van der Waals surface area contributed by atoms with Crippen molar-refractivity contribution in [1.29, 1.82) is 0 Å². The van der Waals surface area contributed by atoms with E-state index in [0.29, 0.717) is 23.8 Å². The van der Waals surface area contributed by atoms with E-state index in [9.17, 15) is 4.79 Å². The third kappa shape index (κ3) is 2.25. The number of piperidine rings is 1. The van der Waals surface area contributed by atoms with E-state index in [-0.39, 0.29) is 10.6 Å². The van der Waals surface area contributed by atoms with Crippen molar-refractivity contribution >= 4 is 17.3 Å². The maximum absolute atomic E-state index is 11.7. The molecule has 19 heavy (non-hydrogen) atoms. The predicted octanol–water partition coefficient (Wildman–Crippen LogP) is 1.47. The van der Waals surface area contributed by atoms with Gasteiger partial charge in [-0.3, -0.25) is 4.79 Å². The summed E-state index contributed by atoms with van der Waals surface area (Å²) in [5, 5.41) is 7.66. The highest BCUT2D eigenvalue weighted by molar-refractivity contribution is 6.32. The van der Waals surface area contributed by atoms with Crippen molar-refractivity contribution in [3.8, 4) is 0 Å². The van der Waals surface area contributed by atoms with Crippen LogP contribution >= 0.6 is 11.6 Å². The number of fused-ring (bicyclic) bond motifs is 2. The molecule has 0 amide bonds. The largest absolute Gasteiger partial charge is 0.380 e. The summed E-state index contributed by atoms with van der Waals surface area (Å²) < 4.78 is 1.26. The van der Waals surface area contributed by atoms with Crippen molar-refractivity contribution in [1.82, 2.24) is 14.7 Å². The smallest absolute Gasteiger partial charge is 0.287 e. The van der Waals surface area contributed by atoms with Crippen molar-refractivity contribution < 1.29 is 0 Å². The molecule has 0 aliphatic carbocycles. The number of aryl methyl sites for hydroxylation is 1. The van der Waals surface area contributed by atoms with E-state index in [1.165, 1.54) is 17.5 Å². The summed E-state index contributed by atoms with van der Waals surface area (Å²) in [6.45, 7) is 0. The van der Waals surface area contributed by atoms with E-state index < -0.39 is 0 Å². The number of halogens is 1. The topological polar surface area (TPSA) is 50.2 Å². The molecule has 5 nitrogen and oxygen atoms in total. The molecule has 0 unspecified atom stereocenters. The van der Waals surface area contributed by atoms with Crippen LogP contribution < -0.4 is 10.9 Å². The molecule has 2 aliphatic heterocycles. The second kappa shape index (κ2) is 4.80. The summed E-state index contributed by atoms with van der Waals surface area (Å²) in [5.74, 6) is 0. The van der Waals surface area contributed by atoms with Gasteiger partial charge in [-0.15, -0.1) is 0 Å². The molecule has 0 saturated carbocycles. The molecule has 0 radical (unpaired) electrons. The van der Waals surface area contributed by atoms with E-state index >= 15 is 0 Å². The Labute approximate surface area is 117 Å². The highest BCUT2D eigenvalue weighted by Gasteiger charge is 2.38. The van der Waals surface area contributed by atoms with Gasteiger partial charge < -0.3 is 10.2 Å². The zero-order valence-electron chi connectivity index (χ0n) is 11.3. The Bertz CT molecular complexity index is 530. The monoisotopic (exact) mass is 282 g/mol. The third-order valence-corrected chi connectivity index (χ3v) is 4.90. The molecule has 1 aromatic rings. The second-order valence-corrected chi connectivity index (χ2v) is 6.04. The van der Waals surface area contributed by atoms with Gasteiger partial charge in [0.1, 0.15) is 5.02 Å². The van der Waals surface area contributed by atoms with Gasteiger partial charge in [0, 0.05) is 25.2 Å². The zero-order valence-corrected chi connectivity index (χ0v) is 12.0. The molecule has 2 bridgehead atoms. The minimum atomic E-state index is -0.248. The van der Waals surface area contributed by atoms with Gasteiger partial charge in [0.05, 0.1) is 11.9 Å². The first-order valence-electron chi connectivity index (χ1n) is 6.76. The van der Waals surface area contributed by atoms with Crippen molar-refractivity contribution in [2.75, 3.05) is 12.4 Å². The molecule has 1 N–H and O–H groups in total. The number of hydrogen-bond donors (Lipinski definition) is 1. The lowest BCUT2D eigenvalue weighted by Gasteiger charge is -2.37. The van der Waals surface area contributed by atoms with Crippen LogP contribution in [0.2, 0.25) is 5.02 Å². The van der Waals surface area contributed by atoms with Crippen LogP contribution in [0.3, 0.4) is 0 Å². The van der Waals surface area contributed by atoms with E-state index in [1.54, 1.807) is 13.2 Å². The Morgan fingerprint density at radius 1 is 1.32 bits per heavy atom. The van der Waals surface area contributed by atoms with Crippen molar-refractivity contribution in [2.45, 2.75) is 43.8 Å². The summed E-state index contributed by atoms with van der Waals surface area (Å²) in [4.78, 5) is 14.2. The van der Waals surface area contributed by atoms with Crippen LogP contribution in [0.4, 0.5) is 5.69 Å². The molecular formula is C13H19ClN4O. The van der Waals surface area contributed by atoms with Gasteiger partial charge in [-0.2, -0.15) is 5.10 Å². The van der Waals surface area contributed by atoms with Gasteiger partial charge in [0.25, 0.3) is 5.56 Å². The number of nitrogens with zero attached hydrogens (tertiary/aromatic N) is 3. The Morgan fingerprint density at radius 3 is 2.58 bits per heavy atom. The number of nitrogens with one attached hydrogen (secondary N) is 1. The molecule has 3 atom stereocenters. The maximum atomic E-state index is 11.7. The van der Waals surface area contributed by atoms with E-state index in [4.69, 9.17) is 11.6 Å². The molecule has 3 heterocycles. The first-order chi connectivity index (χ1) is 9.06. The fraction of sp³-hybridized carbons (Fsp3) is 0.692. The van der Waals surface area contributed by atoms with E-state index in [0.717, 1.165) is 12.8 Å². The molecule has 2 fully saturated rings. The molecule has 3 rings (SSSR count). The minimum Gasteiger partial charge on any atom is -0.380 e.